The number of nitrogens with zero attached hydrogens (tertiary/aromatic N) is 4. The molecular weight excluding hydrogens is 761 g/mol. The quantitative estimate of drug-likeness (QED) is 0.0695. The monoisotopic (exact) mass is 818 g/mol. The summed E-state index contributed by atoms with van der Waals surface area (Å²) >= 11 is 0. The third-order valence-corrected chi connectivity index (χ3v) is 11.0. The first-order chi connectivity index (χ1) is 29.7. The highest BCUT2D eigenvalue weighted by atomic mass is 16.5. The van der Waals surface area contributed by atoms with Crippen LogP contribution in [-0.4, -0.2) is 45.1 Å². The van der Waals surface area contributed by atoms with Gasteiger partial charge < -0.3 is 14.2 Å². The smallest absolute Gasteiger partial charge is 0.338 e. The van der Waals surface area contributed by atoms with Crippen molar-refractivity contribution < 1.29 is 23.8 Å². The Bertz CT molecular complexity index is 2180. The lowest BCUT2D eigenvalue weighted by molar-refractivity contribution is 0.0438. The molecule has 0 radical (unpaired) electrons. The van der Waals surface area contributed by atoms with Crippen molar-refractivity contribution in [1.82, 2.24) is 19.9 Å². The third kappa shape index (κ3) is 12.0. The van der Waals surface area contributed by atoms with Crippen LogP contribution in [0.1, 0.15) is 110 Å². The zero-order valence-corrected chi connectivity index (χ0v) is 36.4. The first-order valence-electron chi connectivity index (χ1n) is 21.7. The van der Waals surface area contributed by atoms with Gasteiger partial charge >= 0.3 is 11.9 Å². The topological polar surface area (TPSA) is 113 Å². The van der Waals surface area contributed by atoms with Gasteiger partial charge in [0.25, 0.3) is 0 Å². The standard InChI is InChI=1S/C52H58N4O5/c1-7-11-37-27-53-49(54-28-37)41-17-13-39(14-18-41)47-25-43(51(57)60-31-35(5)9-3)21-23-45(47)33-59-34-46-24-22-44(52(58)61-32-36(6)10-4)26-48(46)40-15-19-42(20-16-40)50-55-29-38(12-8-2)30-56-50/h13-30,35-36H,7-12,31-34H2,1-6H3. The minimum absolute atomic E-state index is 0.268. The summed E-state index contributed by atoms with van der Waals surface area (Å²) in [5.74, 6) is 1.14. The van der Waals surface area contributed by atoms with Crippen LogP contribution in [0.5, 0.6) is 0 Å². The van der Waals surface area contributed by atoms with Crippen LogP contribution in [0, 0.1) is 11.8 Å². The summed E-state index contributed by atoms with van der Waals surface area (Å²) < 4.78 is 17.9. The number of rotatable bonds is 20. The van der Waals surface area contributed by atoms with Crippen molar-refractivity contribution >= 4 is 11.9 Å². The molecule has 9 heteroatoms. The number of benzene rings is 4. The van der Waals surface area contributed by atoms with Crippen LogP contribution < -0.4 is 0 Å². The number of aryl methyl sites for hydroxylation is 2. The molecule has 0 saturated carbocycles. The molecule has 61 heavy (non-hydrogen) atoms. The van der Waals surface area contributed by atoms with Crippen LogP contribution in [-0.2, 0) is 40.3 Å². The van der Waals surface area contributed by atoms with E-state index in [-0.39, 0.29) is 37.0 Å². The van der Waals surface area contributed by atoms with Gasteiger partial charge in [0, 0.05) is 35.9 Å². The molecule has 9 nitrogen and oxygen atoms in total. The molecule has 0 spiro atoms. The molecule has 0 saturated heterocycles. The average molecular weight is 819 g/mol. The number of carbonyl (C=O) groups is 2. The Morgan fingerprint density at radius 1 is 0.508 bits per heavy atom. The van der Waals surface area contributed by atoms with E-state index in [2.05, 4.69) is 61.5 Å². The molecule has 316 valence electrons. The van der Waals surface area contributed by atoms with Gasteiger partial charge in [0.05, 0.1) is 37.6 Å². The van der Waals surface area contributed by atoms with E-state index >= 15 is 0 Å². The molecule has 2 heterocycles. The van der Waals surface area contributed by atoms with Gasteiger partial charge in [0.1, 0.15) is 0 Å². The minimum Gasteiger partial charge on any atom is -0.462 e. The highest BCUT2D eigenvalue weighted by Crippen LogP contribution is 2.31. The Balaban J connectivity index is 1.27. The lowest BCUT2D eigenvalue weighted by atomic mass is 9.96. The Morgan fingerprint density at radius 3 is 1.21 bits per heavy atom. The number of ether oxygens (including phenoxy) is 3. The maximum atomic E-state index is 13.2. The fraction of sp³-hybridized carbons (Fsp3) is 0.346. The molecule has 4 aromatic carbocycles. The van der Waals surface area contributed by atoms with Gasteiger partial charge in [-0.3, -0.25) is 0 Å². The van der Waals surface area contributed by atoms with E-state index in [9.17, 15) is 9.59 Å². The Morgan fingerprint density at radius 2 is 0.869 bits per heavy atom. The summed E-state index contributed by atoms with van der Waals surface area (Å²) in [6.45, 7) is 13.8. The van der Waals surface area contributed by atoms with Crippen molar-refractivity contribution in [2.75, 3.05) is 13.2 Å². The van der Waals surface area contributed by atoms with Crippen molar-refractivity contribution in [3.05, 3.63) is 143 Å². The summed E-state index contributed by atoms with van der Waals surface area (Å²) in [4.78, 5) is 44.9. The first kappa shape index (κ1) is 44.5. The first-order valence-corrected chi connectivity index (χ1v) is 21.7. The SMILES string of the molecule is CCCc1cnc(-c2ccc(-c3cc(C(=O)OCC(C)CC)ccc3COCc3ccc(C(=O)OCC(C)CC)cc3-c3ccc(-c4ncc(CCC)cn4)cc3)cc2)nc1. The van der Waals surface area contributed by atoms with Crippen molar-refractivity contribution in [2.45, 2.75) is 93.3 Å². The normalized spacial score (nSPS) is 12.2. The van der Waals surface area contributed by atoms with E-state index in [1.165, 1.54) is 0 Å². The number of aromatic nitrogens is 4. The van der Waals surface area contributed by atoms with Gasteiger partial charge in [0.15, 0.2) is 11.6 Å². The van der Waals surface area contributed by atoms with Crippen LogP contribution >= 0.6 is 0 Å². The maximum Gasteiger partial charge on any atom is 0.338 e. The van der Waals surface area contributed by atoms with Crippen LogP contribution in [0.4, 0.5) is 0 Å². The fourth-order valence-corrected chi connectivity index (χ4v) is 6.75. The molecule has 6 rings (SSSR count). The number of hydrogen-bond donors (Lipinski definition) is 0. The van der Waals surface area contributed by atoms with Gasteiger partial charge in [-0.1, -0.05) is 128 Å². The van der Waals surface area contributed by atoms with Crippen LogP contribution in [0.25, 0.3) is 45.0 Å². The van der Waals surface area contributed by atoms with E-state index in [0.717, 1.165) is 94.2 Å². The highest BCUT2D eigenvalue weighted by molar-refractivity contribution is 5.92. The minimum atomic E-state index is -0.357. The van der Waals surface area contributed by atoms with E-state index in [0.29, 0.717) is 36.0 Å². The molecule has 0 fully saturated rings. The van der Waals surface area contributed by atoms with E-state index < -0.39 is 0 Å². The van der Waals surface area contributed by atoms with E-state index in [4.69, 9.17) is 14.2 Å². The van der Waals surface area contributed by atoms with Crippen LogP contribution in [0.2, 0.25) is 0 Å². The summed E-state index contributed by atoms with van der Waals surface area (Å²) in [7, 11) is 0. The molecule has 0 aliphatic carbocycles. The van der Waals surface area contributed by atoms with Gasteiger partial charge in [-0.05, 0) is 93.5 Å². The summed E-state index contributed by atoms with van der Waals surface area (Å²) in [6.07, 6.45) is 13.4. The maximum absolute atomic E-state index is 13.2. The highest BCUT2D eigenvalue weighted by Gasteiger charge is 2.17. The van der Waals surface area contributed by atoms with Crippen molar-refractivity contribution in [2.24, 2.45) is 11.8 Å². The summed E-state index contributed by atoms with van der Waals surface area (Å²) in [5, 5.41) is 0. The molecular formula is C52H58N4O5. The largest absolute Gasteiger partial charge is 0.462 e. The molecule has 0 aliphatic heterocycles. The van der Waals surface area contributed by atoms with Crippen molar-refractivity contribution in [3.63, 3.8) is 0 Å². The van der Waals surface area contributed by atoms with Gasteiger partial charge in [-0.2, -0.15) is 0 Å². The van der Waals surface area contributed by atoms with E-state index in [1.54, 1.807) is 12.1 Å². The number of carbonyl (C=O) groups excluding carboxylic acids is 2. The van der Waals surface area contributed by atoms with Gasteiger partial charge in [-0.25, -0.2) is 29.5 Å². The lowest BCUT2D eigenvalue weighted by Crippen LogP contribution is -2.12. The predicted octanol–water partition coefficient (Wildman–Crippen LogP) is 12.0. The predicted molar refractivity (Wildman–Crippen MR) is 242 cm³/mol. The lowest BCUT2D eigenvalue weighted by Gasteiger charge is -2.16. The summed E-state index contributed by atoms with van der Waals surface area (Å²) in [6, 6.07) is 27.4. The van der Waals surface area contributed by atoms with Crippen LogP contribution in [0.3, 0.4) is 0 Å². The Kier molecular flexibility index (Phi) is 16.0. The molecule has 2 aromatic heterocycles. The van der Waals surface area contributed by atoms with E-state index in [1.807, 2.05) is 97.6 Å². The molecule has 0 bridgehead atoms. The molecule has 0 aliphatic rings. The molecule has 2 unspecified atom stereocenters. The van der Waals surface area contributed by atoms with Crippen molar-refractivity contribution in [3.8, 4) is 45.0 Å². The summed E-state index contributed by atoms with van der Waals surface area (Å²) in [5.41, 5.74) is 10.4. The van der Waals surface area contributed by atoms with Gasteiger partial charge in [0.2, 0.25) is 0 Å². The third-order valence-electron chi connectivity index (χ3n) is 11.0. The second-order valence-electron chi connectivity index (χ2n) is 15.9. The second kappa shape index (κ2) is 22.0. The van der Waals surface area contributed by atoms with Crippen molar-refractivity contribution in [1.29, 1.82) is 0 Å². The molecule has 0 N–H and O–H groups in total. The molecule has 2 atom stereocenters. The zero-order valence-electron chi connectivity index (χ0n) is 36.4. The number of esters is 2. The zero-order chi connectivity index (χ0) is 43.1. The Hall–Kier alpha value is -6.06. The fourth-order valence-electron chi connectivity index (χ4n) is 6.75. The number of hydrogen-bond acceptors (Lipinski definition) is 9. The average Bonchev–Trinajstić information content (AvgIpc) is 3.30. The second-order valence-corrected chi connectivity index (χ2v) is 15.9. The molecule has 0 amide bonds. The molecule has 6 aromatic rings. The van der Waals surface area contributed by atoms with Gasteiger partial charge in [-0.15, -0.1) is 0 Å². The Labute approximate surface area is 361 Å². The van der Waals surface area contributed by atoms with Crippen LogP contribution in [0.15, 0.2) is 110 Å².